The van der Waals surface area contributed by atoms with Gasteiger partial charge in [-0.15, -0.1) is 0 Å². The first-order valence-corrected chi connectivity index (χ1v) is 6.05. The van der Waals surface area contributed by atoms with Gasteiger partial charge in [0.25, 0.3) is 0 Å². The van der Waals surface area contributed by atoms with Gasteiger partial charge in [-0.1, -0.05) is 13.0 Å². The molecule has 2 N–H and O–H groups in total. The van der Waals surface area contributed by atoms with Crippen LogP contribution in [0.1, 0.15) is 31.7 Å². The summed E-state index contributed by atoms with van der Waals surface area (Å²) in [5, 5.41) is 0. The molecule has 1 aromatic heterocycles. The van der Waals surface area contributed by atoms with Crippen LogP contribution in [0, 0.1) is 6.92 Å². The third-order valence-electron chi connectivity index (χ3n) is 2.75. The van der Waals surface area contributed by atoms with Crippen LogP contribution in [0.2, 0.25) is 0 Å². The molecule has 0 spiro atoms. The maximum absolute atomic E-state index is 12.0. The summed E-state index contributed by atoms with van der Waals surface area (Å²) in [5.41, 5.74) is 7.63. The lowest BCUT2D eigenvalue weighted by atomic mass is 10.2. The van der Waals surface area contributed by atoms with Crippen LogP contribution in [0.25, 0.3) is 0 Å². The molecule has 0 saturated heterocycles. The molecule has 1 heterocycles. The van der Waals surface area contributed by atoms with E-state index in [-0.39, 0.29) is 5.91 Å². The highest BCUT2D eigenvalue weighted by Crippen LogP contribution is 2.05. The molecule has 0 fully saturated rings. The summed E-state index contributed by atoms with van der Waals surface area (Å²) in [6.45, 7) is 7.00. The van der Waals surface area contributed by atoms with Crippen molar-refractivity contribution in [1.29, 1.82) is 0 Å². The van der Waals surface area contributed by atoms with E-state index in [0.29, 0.717) is 19.5 Å². The fourth-order valence-corrected chi connectivity index (χ4v) is 1.64. The van der Waals surface area contributed by atoms with E-state index in [2.05, 4.69) is 4.98 Å². The molecule has 1 atom stereocenters. The maximum atomic E-state index is 12.0. The number of nitrogens with zero attached hydrogens (tertiary/aromatic N) is 2. The molecule has 1 amide bonds. The Morgan fingerprint density at radius 1 is 1.47 bits per heavy atom. The number of aromatic nitrogens is 1. The van der Waals surface area contributed by atoms with Crippen LogP contribution in [-0.4, -0.2) is 28.4 Å². The highest BCUT2D eigenvalue weighted by Gasteiger charge is 2.18. The SMILES string of the molecule is CCC(N)C(=O)N(CC)Cc1cccc(C)n1. The van der Waals surface area contributed by atoms with Gasteiger partial charge in [0.1, 0.15) is 0 Å². The molecule has 0 aliphatic rings. The summed E-state index contributed by atoms with van der Waals surface area (Å²) >= 11 is 0. The summed E-state index contributed by atoms with van der Waals surface area (Å²) in [7, 11) is 0. The molecule has 0 aromatic carbocycles. The van der Waals surface area contributed by atoms with Crippen molar-refractivity contribution in [1.82, 2.24) is 9.88 Å². The molecule has 0 radical (unpaired) electrons. The molecule has 0 bridgehead atoms. The Balaban J connectivity index is 2.73. The van der Waals surface area contributed by atoms with Crippen molar-refractivity contribution in [2.24, 2.45) is 5.73 Å². The highest BCUT2D eigenvalue weighted by molar-refractivity contribution is 5.81. The Hall–Kier alpha value is -1.42. The Morgan fingerprint density at radius 2 is 2.18 bits per heavy atom. The minimum atomic E-state index is -0.403. The normalized spacial score (nSPS) is 12.2. The fourth-order valence-electron chi connectivity index (χ4n) is 1.64. The van der Waals surface area contributed by atoms with Crippen LogP contribution in [0.3, 0.4) is 0 Å². The number of likely N-dealkylation sites (N-methyl/N-ethyl adjacent to an activating group) is 1. The fraction of sp³-hybridized carbons (Fsp3) is 0.538. The molecule has 17 heavy (non-hydrogen) atoms. The number of hydrogen-bond donors (Lipinski definition) is 1. The van der Waals surface area contributed by atoms with E-state index in [1.165, 1.54) is 0 Å². The lowest BCUT2D eigenvalue weighted by Crippen LogP contribution is -2.43. The number of amides is 1. The van der Waals surface area contributed by atoms with Crippen molar-refractivity contribution in [2.45, 2.75) is 39.8 Å². The van der Waals surface area contributed by atoms with Gasteiger partial charge in [-0.25, -0.2) is 0 Å². The number of carbonyl (C=O) groups excluding carboxylic acids is 1. The maximum Gasteiger partial charge on any atom is 0.239 e. The van der Waals surface area contributed by atoms with E-state index in [4.69, 9.17) is 5.73 Å². The van der Waals surface area contributed by atoms with Crippen molar-refractivity contribution < 1.29 is 4.79 Å². The molecule has 0 saturated carbocycles. The summed E-state index contributed by atoms with van der Waals surface area (Å²) < 4.78 is 0. The molecular formula is C13H21N3O. The van der Waals surface area contributed by atoms with E-state index in [1.54, 1.807) is 4.90 Å². The highest BCUT2D eigenvalue weighted by atomic mass is 16.2. The smallest absolute Gasteiger partial charge is 0.239 e. The summed E-state index contributed by atoms with van der Waals surface area (Å²) in [4.78, 5) is 18.1. The van der Waals surface area contributed by atoms with Gasteiger partial charge >= 0.3 is 0 Å². The number of nitrogens with two attached hydrogens (primary N) is 1. The third kappa shape index (κ3) is 3.82. The third-order valence-corrected chi connectivity index (χ3v) is 2.75. The van der Waals surface area contributed by atoms with E-state index >= 15 is 0 Å². The van der Waals surface area contributed by atoms with Crippen molar-refractivity contribution >= 4 is 5.91 Å². The summed E-state index contributed by atoms with van der Waals surface area (Å²) in [6, 6.07) is 5.43. The predicted molar refractivity (Wildman–Crippen MR) is 68.3 cm³/mol. The van der Waals surface area contributed by atoms with E-state index < -0.39 is 6.04 Å². The van der Waals surface area contributed by atoms with Crippen molar-refractivity contribution in [2.75, 3.05) is 6.54 Å². The second-order valence-electron chi connectivity index (χ2n) is 4.14. The molecule has 1 aromatic rings. The second kappa shape index (κ2) is 6.35. The van der Waals surface area contributed by atoms with Crippen LogP contribution in [0.4, 0.5) is 0 Å². The monoisotopic (exact) mass is 235 g/mol. The molecule has 1 unspecified atom stereocenters. The Morgan fingerprint density at radius 3 is 2.71 bits per heavy atom. The van der Waals surface area contributed by atoms with Gasteiger partial charge < -0.3 is 10.6 Å². The molecule has 1 rings (SSSR count). The minimum Gasteiger partial charge on any atom is -0.336 e. The van der Waals surface area contributed by atoms with Gasteiger partial charge in [0.05, 0.1) is 18.3 Å². The molecule has 4 heteroatoms. The Labute approximate surface area is 103 Å². The first kappa shape index (κ1) is 13.6. The van der Waals surface area contributed by atoms with Crippen LogP contribution < -0.4 is 5.73 Å². The standard InChI is InChI=1S/C13H21N3O/c1-4-12(14)13(17)16(5-2)9-11-8-6-7-10(3)15-11/h6-8,12H,4-5,9,14H2,1-3H3. The summed E-state index contributed by atoms with van der Waals surface area (Å²) in [5.74, 6) is -0.00157. The average Bonchev–Trinajstić information content (AvgIpc) is 2.34. The number of pyridine rings is 1. The predicted octanol–water partition coefficient (Wildman–Crippen LogP) is 1.48. The Kier molecular flexibility index (Phi) is 5.10. The van der Waals surface area contributed by atoms with Crippen LogP contribution in [-0.2, 0) is 11.3 Å². The molecule has 94 valence electrons. The number of rotatable bonds is 5. The van der Waals surface area contributed by atoms with Crippen molar-refractivity contribution in [3.8, 4) is 0 Å². The Bertz CT molecular complexity index is 379. The number of hydrogen-bond acceptors (Lipinski definition) is 3. The molecule has 0 aliphatic heterocycles. The van der Waals surface area contributed by atoms with Crippen molar-refractivity contribution in [3.63, 3.8) is 0 Å². The van der Waals surface area contributed by atoms with Crippen molar-refractivity contribution in [3.05, 3.63) is 29.6 Å². The first-order valence-electron chi connectivity index (χ1n) is 6.05. The largest absolute Gasteiger partial charge is 0.336 e. The van der Waals surface area contributed by atoms with Crippen LogP contribution in [0.5, 0.6) is 0 Å². The van der Waals surface area contributed by atoms with Gasteiger partial charge in [0.15, 0.2) is 0 Å². The first-order chi connectivity index (χ1) is 8.08. The molecule has 0 aliphatic carbocycles. The average molecular weight is 235 g/mol. The van der Waals surface area contributed by atoms with Gasteiger partial charge in [-0.05, 0) is 32.4 Å². The zero-order chi connectivity index (χ0) is 12.8. The quantitative estimate of drug-likeness (QED) is 0.841. The topological polar surface area (TPSA) is 59.2 Å². The van der Waals surface area contributed by atoms with E-state index in [1.807, 2.05) is 39.0 Å². The van der Waals surface area contributed by atoms with Crippen LogP contribution in [0.15, 0.2) is 18.2 Å². The molecule has 4 nitrogen and oxygen atoms in total. The van der Waals surface area contributed by atoms with Crippen LogP contribution >= 0.6 is 0 Å². The lowest BCUT2D eigenvalue weighted by Gasteiger charge is -2.23. The molecular weight excluding hydrogens is 214 g/mol. The van der Waals surface area contributed by atoms with Gasteiger partial charge in [0, 0.05) is 12.2 Å². The minimum absolute atomic E-state index is 0.00157. The number of carbonyl (C=O) groups is 1. The van der Waals surface area contributed by atoms with E-state index in [9.17, 15) is 4.79 Å². The second-order valence-corrected chi connectivity index (χ2v) is 4.14. The van der Waals surface area contributed by atoms with E-state index in [0.717, 1.165) is 11.4 Å². The van der Waals surface area contributed by atoms with Gasteiger partial charge in [-0.2, -0.15) is 0 Å². The summed E-state index contributed by atoms with van der Waals surface area (Å²) in [6.07, 6.45) is 0.663. The lowest BCUT2D eigenvalue weighted by molar-refractivity contribution is -0.133. The zero-order valence-corrected chi connectivity index (χ0v) is 10.8. The van der Waals surface area contributed by atoms with Gasteiger partial charge in [-0.3, -0.25) is 9.78 Å². The number of aryl methyl sites for hydroxylation is 1. The van der Waals surface area contributed by atoms with Gasteiger partial charge in [0.2, 0.25) is 5.91 Å². The zero-order valence-electron chi connectivity index (χ0n) is 10.8.